The molecule has 2 aromatic rings. The van der Waals surface area contributed by atoms with Gasteiger partial charge in [-0.05, 0) is 74.9 Å². The number of fused-ring (bicyclic) bond motifs is 1. The molecule has 0 bridgehead atoms. The van der Waals surface area contributed by atoms with Crippen molar-refractivity contribution in [3.63, 3.8) is 0 Å². The molecule has 0 unspecified atom stereocenters. The number of hydrogen-bond acceptors (Lipinski definition) is 5. The maximum atomic E-state index is 13.4. The SMILES string of the molecule is CC[C@H]1Oc2cc(S(=O)(=O)N3CCC(C(=O)Nc4ccc(C)c(C)c4)CC3)c(C)cc2NC1=O. The maximum absolute atomic E-state index is 13.4. The smallest absolute Gasteiger partial charge is 0.265 e. The van der Waals surface area contributed by atoms with E-state index in [9.17, 15) is 18.0 Å². The molecular formula is C25H31N3O5S. The number of nitrogens with one attached hydrogen (secondary N) is 2. The first-order chi connectivity index (χ1) is 16.1. The molecule has 2 N–H and O–H groups in total. The molecule has 9 heteroatoms. The first kappa shape index (κ1) is 24.2. The van der Waals surface area contributed by atoms with E-state index in [2.05, 4.69) is 10.6 Å². The number of aryl methyl sites for hydroxylation is 3. The highest BCUT2D eigenvalue weighted by molar-refractivity contribution is 7.89. The lowest BCUT2D eigenvalue weighted by Gasteiger charge is -2.32. The van der Waals surface area contributed by atoms with Gasteiger partial charge in [-0.1, -0.05) is 13.0 Å². The van der Waals surface area contributed by atoms with Crippen LogP contribution in [0.2, 0.25) is 0 Å². The predicted molar refractivity (Wildman–Crippen MR) is 131 cm³/mol. The van der Waals surface area contributed by atoms with Crippen LogP contribution in [0.3, 0.4) is 0 Å². The highest BCUT2D eigenvalue weighted by Crippen LogP contribution is 2.36. The third kappa shape index (κ3) is 4.67. The van der Waals surface area contributed by atoms with E-state index < -0.39 is 16.1 Å². The number of anilines is 2. The second-order valence-corrected chi connectivity index (χ2v) is 11.0. The van der Waals surface area contributed by atoms with Gasteiger partial charge in [0.05, 0.1) is 10.6 Å². The van der Waals surface area contributed by atoms with Crippen LogP contribution in [0.5, 0.6) is 5.75 Å². The van der Waals surface area contributed by atoms with Crippen LogP contribution in [0.1, 0.15) is 42.9 Å². The van der Waals surface area contributed by atoms with Gasteiger partial charge in [0.2, 0.25) is 15.9 Å². The second-order valence-electron chi connectivity index (χ2n) is 9.08. The summed E-state index contributed by atoms with van der Waals surface area (Å²) in [4.78, 5) is 25.0. The van der Waals surface area contributed by atoms with E-state index in [0.717, 1.165) is 16.8 Å². The van der Waals surface area contributed by atoms with Gasteiger partial charge in [-0.15, -0.1) is 0 Å². The number of nitrogens with zero attached hydrogens (tertiary/aromatic N) is 1. The molecule has 2 aliphatic rings. The van der Waals surface area contributed by atoms with Crippen LogP contribution >= 0.6 is 0 Å². The molecule has 34 heavy (non-hydrogen) atoms. The molecule has 182 valence electrons. The zero-order valence-corrected chi connectivity index (χ0v) is 20.8. The van der Waals surface area contributed by atoms with Crippen LogP contribution in [0.25, 0.3) is 0 Å². The van der Waals surface area contributed by atoms with E-state index in [4.69, 9.17) is 4.74 Å². The van der Waals surface area contributed by atoms with Gasteiger partial charge in [0, 0.05) is 30.8 Å². The van der Waals surface area contributed by atoms with E-state index in [1.807, 2.05) is 39.0 Å². The lowest BCUT2D eigenvalue weighted by Crippen LogP contribution is -2.41. The number of carbonyl (C=O) groups is 2. The van der Waals surface area contributed by atoms with Gasteiger partial charge in [0.1, 0.15) is 5.75 Å². The van der Waals surface area contributed by atoms with Crippen LogP contribution in [0, 0.1) is 26.7 Å². The van der Waals surface area contributed by atoms with Gasteiger partial charge >= 0.3 is 0 Å². The standard InChI is InChI=1S/C25H31N3O5S/c1-5-21-25(30)27-20-13-17(4)23(14-22(20)33-21)34(31,32)28-10-8-18(9-11-28)24(29)26-19-7-6-15(2)16(3)12-19/h6-7,12-14,18,21H,5,8-11H2,1-4H3,(H,26,29)(H,27,30)/t21-/m1/s1. The summed E-state index contributed by atoms with van der Waals surface area (Å²) in [6.45, 7) is 8.08. The van der Waals surface area contributed by atoms with Crippen molar-refractivity contribution in [2.75, 3.05) is 23.7 Å². The monoisotopic (exact) mass is 485 g/mol. The highest BCUT2D eigenvalue weighted by atomic mass is 32.2. The molecule has 1 fully saturated rings. The fraction of sp³-hybridized carbons (Fsp3) is 0.440. The Labute approximate surface area is 200 Å². The third-order valence-electron chi connectivity index (χ3n) is 6.68. The summed E-state index contributed by atoms with van der Waals surface area (Å²) in [7, 11) is -3.77. The number of carbonyl (C=O) groups excluding carboxylic acids is 2. The summed E-state index contributed by atoms with van der Waals surface area (Å²) in [5, 5.41) is 5.75. The highest BCUT2D eigenvalue weighted by Gasteiger charge is 2.35. The lowest BCUT2D eigenvalue weighted by atomic mass is 9.97. The van der Waals surface area contributed by atoms with Crippen molar-refractivity contribution in [3.8, 4) is 5.75 Å². The van der Waals surface area contributed by atoms with Gasteiger partial charge < -0.3 is 15.4 Å². The third-order valence-corrected chi connectivity index (χ3v) is 8.73. The molecule has 0 saturated carbocycles. The number of hydrogen-bond donors (Lipinski definition) is 2. The number of sulfonamides is 1. The van der Waals surface area contributed by atoms with Gasteiger partial charge in [0.15, 0.2) is 6.10 Å². The fourth-order valence-corrected chi connectivity index (χ4v) is 6.08. The van der Waals surface area contributed by atoms with Crippen molar-refractivity contribution < 1.29 is 22.7 Å². The topological polar surface area (TPSA) is 105 Å². The molecule has 4 rings (SSSR count). The average molecular weight is 486 g/mol. The van der Waals surface area contributed by atoms with E-state index in [1.165, 1.54) is 10.4 Å². The summed E-state index contributed by atoms with van der Waals surface area (Å²) in [5.41, 5.74) is 4.03. The lowest BCUT2D eigenvalue weighted by molar-refractivity contribution is -0.123. The number of piperidine rings is 1. The molecule has 2 aromatic carbocycles. The van der Waals surface area contributed by atoms with Crippen molar-refractivity contribution in [2.45, 2.75) is 58.0 Å². The van der Waals surface area contributed by atoms with Crippen molar-refractivity contribution >= 4 is 33.2 Å². The molecule has 8 nitrogen and oxygen atoms in total. The predicted octanol–water partition coefficient (Wildman–Crippen LogP) is 3.76. The molecule has 2 aliphatic heterocycles. The number of amides is 2. The molecule has 0 spiro atoms. The van der Waals surface area contributed by atoms with Crippen LogP contribution in [0.4, 0.5) is 11.4 Å². The molecule has 2 amide bonds. The van der Waals surface area contributed by atoms with Crippen molar-refractivity contribution in [2.24, 2.45) is 5.92 Å². The second kappa shape index (κ2) is 9.38. The molecule has 0 aliphatic carbocycles. The zero-order chi connectivity index (χ0) is 24.6. The first-order valence-electron chi connectivity index (χ1n) is 11.6. The Kier molecular flexibility index (Phi) is 6.69. The number of rotatable bonds is 5. The maximum Gasteiger partial charge on any atom is 0.265 e. The van der Waals surface area contributed by atoms with Crippen LogP contribution in [-0.4, -0.2) is 43.7 Å². The normalized spacial score (nSPS) is 19.2. The van der Waals surface area contributed by atoms with Gasteiger partial charge in [-0.25, -0.2) is 8.42 Å². The molecular weight excluding hydrogens is 454 g/mol. The fourth-order valence-electron chi connectivity index (χ4n) is 4.39. The van der Waals surface area contributed by atoms with Crippen LogP contribution in [-0.2, 0) is 19.6 Å². The van der Waals surface area contributed by atoms with Gasteiger partial charge in [-0.3, -0.25) is 9.59 Å². The summed E-state index contributed by atoms with van der Waals surface area (Å²) in [6.07, 6.45) is 0.741. The Hall–Kier alpha value is -2.91. The summed E-state index contributed by atoms with van der Waals surface area (Å²) in [6, 6.07) is 8.93. The zero-order valence-electron chi connectivity index (χ0n) is 20.0. The Morgan fingerprint density at radius 1 is 1.09 bits per heavy atom. The number of benzene rings is 2. The van der Waals surface area contributed by atoms with Gasteiger partial charge in [-0.2, -0.15) is 4.31 Å². The van der Waals surface area contributed by atoms with E-state index in [-0.39, 0.29) is 35.7 Å². The van der Waals surface area contributed by atoms with Crippen molar-refractivity contribution in [3.05, 3.63) is 47.0 Å². The minimum Gasteiger partial charge on any atom is -0.478 e. The Morgan fingerprint density at radius 3 is 2.44 bits per heavy atom. The molecule has 1 atom stereocenters. The molecule has 0 aromatic heterocycles. The van der Waals surface area contributed by atoms with E-state index >= 15 is 0 Å². The van der Waals surface area contributed by atoms with Gasteiger partial charge in [0.25, 0.3) is 5.91 Å². The minimum atomic E-state index is -3.77. The Bertz CT molecular complexity index is 1230. The van der Waals surface area contributed by atoms with Crippen LogP contribution < -0.4 is 15.4 Å². The summed E-state index contributed by atoms with van der Waals surface area (Å²) >= 11 is 0. The molecule has 0 radical (unpaired) electrons. The summed E-state index contributed by atoms with van der Waals surface area (Å²) in [5.74, 6) is -0.203. The van der Waals surface area contributed by atoms with E-state index in [0.29, 0.717) is 36.3 Å². The molecule has 1 saturated heterocycles. The Balaban J connectivity index is 1.45. The minimum absolute atomic E-state index is 0.0833. The quantitative estimate of drug-likeness (QED) is 0.671. The number of ether oxygens (including phenoxy) is 1. The van der Waals surface area contributed by atoms with Crippen molar-refractivity contribution in [1.29, 1.82) is 0 Å². The largest absolute Gasteiger partial charge is 0.478 e. The van der Waals surface area contributed by atoms with Crippen molar-refractivity contribution in [1.82, 2.24) is 4.31 Å². The van der Waals surface area contributed by atoms with Crippen LogP contribution in [0.15, 0.2) is 35.2 Å². The average Bonchev–Trinajstić information content (AvgIpc) is 2.80. The first-order valence-corrected chi connectivity index (χ1v) is 13.0. The Morgan fingerprint density at radius 2 is 1.79 bits per heavy atom. The van der Waals surface area contributed by atoms with E-state index in [1.54, 1.807) is 13.0 Å². The summed E-state index contributed by atoms with van der Waals surface area (Å²) < 4.78 is 34.0. The molecule has 2 heterocycles.